The number of hydrogen-bond acceptors (Lipinski definition) is 10. The second kappa shape index (κ2) is 55.0. The van der Waals surface area contributed by atoms with Crippen molar-refractivity contribution in [3.63, 3.8) is 0 Å². The fourth-order valence-electron chi connectivity index (χ4n) is 3.00. The number of carbonyl (C=O) groups is 5. The number of benzene rings is 2. The molecule has 0 unspecified atom stereocenters. The summed E-state index contributed by atoms with van der Waals surface area (Å²) in [6, 6.07) is 11.2. The number of rotatable bonds is 8. The van der Waals surface area contributed by atoms with Crippen LogP contribution in [0.2, 0.25) is 0 Å². The van der Waals surface area contributed by atoms with Gasteiger partial charge in [-0.05, 0) is 56.9 Å². The van der Waals surface area contributed by atoms with Crippen LogP contribution in [0.3, 0.4) is 0 Å². The number of Topliss-reactive ketones (excluding diaryl/α,β-unsaturated/α-hetero) is 1. The van der Waals surface area contributed by atoms with Gasteiger partial charge in [0.1, 0.15) is 5.82 Å². The molecule has 0 radical (unpaired) electrons. The topological polar surface area (TPSA) is 138 Å². The largest absolute Gasteiger partial charge is 2.00 e. The second-order valence-electron chi connectivity index (χ2n) is 13.7. The SMILES string of the molecule is CC(C)(CC(=O)C(F)(F)F)c1ccc(F)cc1.CC(C)=CC(=O)C(F)(F)F.CCOCC.CNOC.CON(C)C(=O)C(F)(F)F.Cl.ClCCl.O=C(OC(=O)C(F)(F)F)C(F)(F)F.[Br-].[Br-].[CH-]=C(C)C.[CH2-]c1ccc(F)cc1.[Mg+2].[Mg+2]. The number of alkyl halides is 17. The van der Waals surface area contributed by atoms with Crippen LogP contribution in [0.15, 0.2) is 65.8 Å². The van der Waals surface area contributed by atoms with Gasteiger partial charge in [-0.15, -0.1) is 35.6 Å². The summed E-state index contributed by atoms with van der Waals surface area (Å²) >= 11 is 9.53. The van der Waals surface area contributed by atoms with Crippen LogP contribution in [-0.4, -0.2) is 158 Å². The number of nitrogens with zero attached hydrogens (tertiary/aromatic N) is 1. The first-order valence-corrected chi connectivity index (χ1v) is 20.7. The molecule has 0 bridgehead atoms. The summed E-state index contributed by atoms with van der Waals surface area (Å²) in [4.78, 5) is 58.7. The number of hydrogen-bond donors (Lipinski definition) is 1. The minimum Gasteiger partial charge on any atom is -1.00 e. The van der Waals surface area contributed by atoms with Crippen molar-refractivity contribution >= 4 is 111 Å². The van der Waals surface area contributed by atoms with Crippen molar-refractivity contribution in [3.8, 4) is 0 Å². The van der Waals surface area contributed by atoms with E-state index in [0.29, 0.717) is 17.2 Å². The number of hydroxylamine groups is 3. The molecule has 1 amide bonds. The van der Waals surface area contributed by atoms with E-state index in [1.165, 1.54) is 52.0 Å². The van der Waals surface area contributed by atoms with Crippen LogP contribution in [0.4, 0.5) is 74.6 Å². The Hall–Kier alpha value is -2.25. The Bertz CT molecular complexity index is 1860. The van der Waals surface area contributed by atoms with Crippen molar-refractivity contribution in [2.45, 2.75) is 98.1 Å². The third-order valence-electron chi connectivity index (χ3n) is 6.22. The number of ketones is 2. The van der Waals surface area contributed by atoms with Gasteiger partial charge in [0.25, 0.3) is 5.78 Å². The number of halogens is 22. The molecule has 0 aliphatic heterocycles. The van der Waals surface area contributed by atoms with Gasteiger partial charge in [0, 0.05) is 33.7 Å². The van der Waals surface area contributed by atoms with E-state index >= 15 is 0 Å². The third kappa shape index (κ3) is 71.8. The van der Waals surface area contributed by atoms with Crippen LogP contribution < -0.4 is 39.4 Å². The number of allylic oxidation sites excluding steroid dienone is 3. The molecule has 0 saturated carbocycles. The van der Waals surface area contributed by atoms with Crippen molar-refractivity contribution in [2.75, 3.05) is 46.9 Å². The molecule has 2 aromatic rings. The molecule has 0 heterocycles. The van der Waals surface area contributed by atoms with Gasteiger partial charge in [-0.2, -0.15) is 90.5 Å². The van der Waals surface area contributed by atoms with E-state index < -0.39 is 77.9 Å². The minimum atomic E-state index is -5.62. The number of amides is 1. The van der Waals surface area contributed by atoms with E-state index in [1.807, 2.05) is 27.7 Å². The van der Waals surface area contributed by atoms with Crippen LogP contribution in [0.1, 0.15) is 72.9 Å². The summed E-state index contributed by atoms with van der Waals surface area (Å²) in [5, 5.41) is 0.306. The fraction of sp³-hybridized carbons (Fsp3) is 0.500. The van der Waals surface area contributed by atoms with Gasteiger partial charge in [-0.25, -0.2) is 28.9 Å². The third-order valence-corrected chi connectivity index (χ3v) is 6.22. The van der Waals surface area contributed by atoms with Gasteiger partial charge in [-0.1, -0.05) is 57.5 Å². The number of nitrogens with one attached hydrogen (secondary N) is 1. The Morgan fingerprint density at radius 3 is 1.13 bits per heavy atom. The van der Waals surface area contributed by atoms with E-state index in [4.69, 9.17) is 34.5 Å². The summed E-state index contributed by atoms with van der Waals surface area (Å²) in [6.45, 7) is 23.9. The Labute approximate surface area is 516 Å². The average molecular weight is 1400 g/mol. The van der Waals surface area contributed by atoms with Crippen LogP contribution in [-0.2, 0) is 48.5 Å². The molecule has 2 rings (SSSR count). The van der Waals surface area contributed by atoms with E-state index in [9.17, 15) is 98.6 Å². The summed E-state index contributed by atoms with van der Waals surface area (Å²) in [7, 11) is 5.14. The molecule has 0 fully saturated rings. The predicted octanol–water partition coefficient (Wildman–Crippen LogP) is 6.75. The average Bonchev–Trinajstić information content (AvgIpc) is 3.24. The molecule has 0 atom stereocenters. The number of esters is 2. The molecule has 0 aliphatic rings. The Morgan fingerprint density at radius 2 is 0.962 bits per heavy atom. The quantitative estimate of drug-likeness (QED) is 0.0442. The standard InChI is InChI=1S/C12H12F4O.C7H6F.C6H7F3O.C4F6O3.C4H6F3NO2.C4H10O.C4H7.C2H7NO.CH2Cl2.2BrH.ClH.2Mg/c1-11(2,7-10(17)12(14,15)16)8-3-5-9(13)6-4-8;1-6-2-4-7(8)5-3-6;1-4(2)3-5(10)6(7,8)9;5-3(6,7)1(11)13-2(12)4(8,9)10;1-8(10-2)3(9)4(5,6)7;1-3-5-4-2;1-4(2)3;1-3-4-2;2-1-3;;;;;/h3-6H,7H2,1-2H3;2-5H,1H2;3H,1-2H3;;1-2H3;3-4H2,1-2H3;1H,2-3H3;3H,1-2H3;1H2;3*1H;;/q;-1;;;;;-1;;;;;;2*+2/p-2. The first-order chi connectivity index (χ1) is 33.2. The molecule has 79 heavy (non-hydrogen) atoms. The maximum atomic E-state index is 12.7. The van der Waals surface area contributed by atoms with Gasteiger partial charge >= 0.3 is 94.8 Å². The van der Waals surface area contributed by atoms with Gasteiger partial charge in [-0.3, -0.25) is 24.8 Å². The maximum Gasteiger partial charge on any atom is 2.00 e. The number of carbonyl (C=O) groups excluding carboxylic acids is 5. The summed E-state index contributed by atoms with van der Waals surface area (Å²) < 4.78 is 204. The van der Waals surface area contributed by atoms with Crippen molar-refractivity contribution < 1.29 is 152 Å². The zero-order valence-electron chi connectivity index (χ0n) is 44.2. The molecular weight excluding hydrogens is 1340 g/mol. The minimum absolute atomic E-state index is 0. The van der Waals surface area contributed by atoms with Gasteiger partial charge in [0.15, 0.2) is 0 Å². The van der Waals surface area contributed by atoms with Crippen LogP contribution >= 0.6 is 35.6 Å². The Morgan fingerprint density at radius 1 is 0.658 bits per heavy atom. The van der Waals surface area contributed by atoms with Gasteiger partial charge in [0.2, 0.25) is 5.78 Å². The van der Waals surface area contributed by atoms with Crippen molar-refractivity contribution in [1.29, 1.82) is 0 Å². The molecule has 0 aliphatic carbocycles. The molecular formula is C44H58Br2Cl3F17Mg2N2O9. The fourth-order valence-corrected chi connectivity index (χ4v) is 3.00. The monoisotopic (exact) mass is 1390 g/mol. The zero-order chi connectivity index (χ0) is 60.7. The Balaban J connectivity index is -0.0000000663. The summed E-state index contributed by atoms with van der Waals surface area (Å²) in [6.07, 6.45) is -25.7. The summed E-state index contributed by atoms with van der Waals surface area (Å²) in [5.74, 6) is -12.7. The molecule has 1 N–H and O–H groups in total. The predicted molar refractivity (Wildman–Crippen MR) is 258 cm³/mol. The second-order valence-corrected chi connectivity index (χ2v) is 14.5. The molecule has 11 nitrogen and oxygen atoms in total. The van der Waals surface area contributed by atoms with Crippen LogP contribution in [0.5, 0.6) is 0 Å². The molecule has 0 spiro atoms. The molecule has 0 aromatic heterocycles. The van der Waals surface area contributed by atoms with Gasteiger partial charge in [0.05, 0.1) is 25.4 Å². The zero-order valence-corrected chi connectivity index (χ0v) is 52.5. The smallest absolute Gasteiger partial charge is 1.00 e. The van der Waals surface area contributed by atoms with Gasteiger partial charge < -0.3 is 54.9 Å². The van der Waals surface area contributed by atoms with Crippen molar-refractivity contribution in [2.24, 2.45) is 0 Å². The van der Waals surface area contributed by atoms with E-state index in [0.717, 1.165) is 50.6 Å². The van der Waals surface area contributed by atoms with E-state index in [-0.39, 0.29) is 109 Å². The number of ether oxygens (including phenoxy) is 2. The van der Waals surface area contributed by atoms with Crippen molar-refractivity contribution in [1.82, 2.24) is 10.5 Å². The van der Waals surface area contributed by atoms with Crippen LogP contribution in [0, 0.1) is 25.1 Å². The van der Waals surface area contributed by atoms with E-state index in [1.54, 1.807) is 26.3 Å². The maximum absolute atomic E-state index is 12.7. The molecule has 456 valence electrons. The molecule has 2 aromatic carbocycles. The summed E-state index contributed by atoms with van der Waals surface area (Å²) in [5.41, 5.74) is 4.06. The van der Waals surface area contributed by atoms with E-state index in [2.05, 4.69) is 26.8 Å². The van der Waals surface area contributed by atoms with Crippen molar-refractivity contribution in [3.05, 3.63) is 102 Å². The molecule has 35 heteroatoms. The molecule has 0 saturated heterocycles. The first-order valence-electron chi connectivity index (χ1n) is 19.6. The normalized spacial score (nSPS) is 9.96. The Kier molecular flexibility index (Phi) is 73.1. The van der Waals surface area contributed by atoms with Crippen LogP contribution in [0.25, 0.3) is 0 Å². The first kappa shape index (κ1) is 105.